The predicted octanol–water partition coefficient (Wildman–Crippen LogP) is -0.0826. The Bertz CT molecular complexity index is 342. The van der Waals surface area contributed by atoms with Crippen LogP contribution in [0.4, 0.5) is 0 Å². The first kappa shape index (κ1) is 14.4. The van der Waals surface area contributed by atoms with Gasteiger partial charge in [-0.25, -0.2) is 0 Å². The minimum absolute atomic E-state index is 0.0268. The van der Waals surface area contributed by atoms with Gasteiger partial charge >= 0.3 is 0 Å². The molecule has 2 heterocycles. The predicted molar refractivity (Wildman–Crippen MR) is 68.6 cm³/mol. The zero-order valence-corrected chi connectivity index (χ0v) is 11.6. The average Bonchev–Trinajstić information content (AvgIpc) is 2.71. The summed E-state index contributed by atoms with van der Waals surface area (Å²) in [5.74, 6) is -0.200. The third-order valence-corrected chi connectivity index (χ3v) is 3.69. The molecule has 2 saturated heterocycles. The highest BCUT2D eigenvalue weighted by Crippen LogP contribution is 2.18. The fourth-order valence-corrected chi connectivity index (χ4v) is 2.38. The monoisotopic (exact) mass is 270 g/mol. The molecular weight excluding hydrogens is 248 g/mol. The molecule has 19 heavy (non-hydrogen) atoms. The van der Waals surface area contributed by atoms with Crippen LogP contribution in [0.3, 0.4) is 0 Å². The van der Waals surface area contributed by atoms with Gasteiger partial charge in [-0.1, -0.05) is 6.92 Å². The van der Waals surface area contributed by atoms with Gasteiger partial charge in [0.1, 0.15) is 0 Å². The van der Waals surface area contributed by atoms with Crippen LogP contribution in [-0.2, 0) is 19.1 Å². The summed E-state index contributed by atoms with van der Waals surface area (Å²) in [7, 11) is 0. The lowest BCUT2D eigenvalue weighted by Crippen LogP contribution is -2.46. The number of nitrogens with one attached hydrogen (secondary N) is 1. The maximum absolute atomic E-state index is 12.2. The number of amides is 2. The Hall–Kier alpha value is -0.980. The summed E-state index contributed by atoms with van der Waals surface area (Å²) in [4.78, 5) is 25.4. The largest absolute Gasteiger partial charge is 0.376 e. The quantitative estimate of drug-likeness (QED) is 0.708. The molecule has 3 unspecified atom stereocenters. The van der Waals surface area contributed by atoms with E-state index in [-0.39, 0.29) is 30.4 Å². The van der Waals surface area contributed by atoms with Crippen molar-refractivity contribution in [1.29, 1.82) is 0 Å². The van der Waals surface area contributed by atoms with E-state index in [2.05, 4.69) is 5.32 Å². The molecule has 108 valence electrons. The van der Waals surface area contributed by atoms with Gasteiger partial charge in [-0.3, -0.25) is 14.5 Å². The number of likely N-dealkylation sites (tertiary alicyclic amines) is 1. The summed E-state index contributed by atoms with van der Waals surface area (Å²) in [6, 6.07) is -0.437. The van der Waals surface area contributed by atoms with Crippen LogP contribution in [0.1, 0.15) is 26.7 Å². The lowest BCUT2D eigenvalue weighted by molar-refractivity contribution is -0.141. The van der Waals surface area contributed by atoms with Crippen LogP contribution in [0.15, 0.2) is 0 Å². The van der Waals surface area contributed by atoms with Crippen molar-refractivity contribution in [2.75, 3.05) is 26.4 Å². The van der Waals surface area contributed by atoms with Crippen LogP contribution in [0, 0.1) is 0 Å². The number of hydrogen-bond donors (Lipinski definition) is 1. The molecule has 0 aromatic carbocycles. The number of hydrogen-bond acceptors (Lipinski definition) is 5. The maximum Gasteiger partial charge on any atom is 0.247 e. The second-order valence-corrected chi connectivity index (χ2v) is 5.09. The van der Waals surface area contributed by atoms with Gasteiger partial charge in [0.2, 0.25) is 11.8 Å². The number of rotatable bonds is 5. The molecule has 0 aromatic rings. The van der Waals surface area contributed by atoms with Gasteiger partial charge in [-0.15, -0.1) is 0 Å². The van der Waals surface area contributed by atoms with E-state index < -0.39 is 6.04 Å². The first-order chi connectivity index (χ1) is 9.13. The van der Waals surface area contributed by atoms with E-state index in [0.29, 0.717) is 26.4 Å². The summed E-state index contributed by atoms with van der Waals surface area (Å²) < 4.78 is 10.8. The Morgan fingerprint density at radius 3 is 2.84 bits per heavy atom. The minimum Gasteiger partial charge on any atom is -0.376 e. The lowest BCUT2D eigenvalue weighted by Gasteiger charge is -2.25. The maximum atomic E-state index is 12.2. The Morgan fingerprint density at radius 1 is 1.42 bits per heavy atom. The third-order valence-electron chi connectivity index (χ3n) is 3.69. The van der Waals surface area contributed by atoms with E-state index in [1.807, 2.05) is 13.8 Å². The number of nitrogens with zero attached hydrogens (tertiary/aromatic N) is 1. The van der Waals surface area contributed by atoms with Crippen molar-refractivity contribution in [2.45, 2.75) is 44.9 Å². The van der Waals surface area contributed by atoms with Gasteiger partial charge in [0.15, 0.2) is 0 Å². The van der Waals surface area contributed by atoms with Crippen molar-refractivity contribution in [1.82, 2.24) is 10.2 Å². The summed E-state index contributed by atoms with van der Waals surface area (Å²) in [6.07, 6.45) is 0.995. The number of carbonyl (C=O) groups is 2. The normalized spacial score (nSPS) is 29.9. The summed E-state index contributed by atoms with van der Waals surface area (Å²) in [6.45, 7) is 6.16. The van der Waals surface area contributed by atoms with Gasteiger partial charge < -0.3 is 14.8 Å². The van der Waals surface area contributed by atoms with E-state index in [4.69, 9.17) is 9.47 Å². The smallest absolute Gasteiger partial charge is 0.247 e. The molecule has 0 spiro atoms. The number of carbonyl (C=O) groups excluding carboxylic acids is 2. The van der Waals surface area contributed by atoms with Crippen LogP contribution >= 0.6 is 0 Å². The molecule has 0 bridgehead atoms. The summed E-state index contributed by atoms with van der Waals surface area (Å²) in [5.41, 5.74) is 0. The molecule has 2 rings (SSSR count). The first-order valence-electron chi connectivity index (χ1n) is 6.92. The molecule has 6 heteroatoms. The van der Waals surface area contributed by atoms with E-state index in [0.717, 1.165) is 6.42 Å². The molecule has 2 aliphatic heterocycles. The number of ether oxygens (including phenoxy) is 2. The highest BCUT2D eigenvalue weighted by molar-refractivity contribution is 6.05. The second kappa shape index (κ2) is 6.45. The summed E-state index contributed by atoms with van der Waals surface area (Å²) >= 11 is 0. The molecule has 6 nitrogen and oxygen atoms in total. The van der Waals surface area contributed by atoms with Crippen molar-refractivity contribution in [3.63, 3.8) is 0 Å². The van der Waals surface area contributed by atoms with Crippen LogP contribution in [0.25, 0.3) is 0 Å². The Morgan fingerprint density at radius 2 is 2.21 bits per heavy atom. The molecule has 2 amide bonds. The van der Waals surface area contributed by atoms with Crippen molar-refractivity contribution in [3.05, 3.63) is 0 Å². The Kier molecular flexibility index (Phi) is 4.90. The summed E-state index contributed by atoms with van der Waals surface area (Å²) in [5, 5.41) is 3.12. The average molecular weight is 270 g/mol. The Balaban J connectivity index is 1.84. The molecular formula is C13H22N2O4. The molecule has 0 saturated carbocycles. The van der Waals surface area contributed by atoms with Gasteiger partial charge in [0, 0.05) is 12.6 Å². The fraction of sp³-hybridized carbons (Fsp3) is 0.846. The molecule has 1 N–H and O–H groups in total. The lowest BCUT2D eigenvalue weighted by atomic mass is 10.2. The molecule has 2 aliphatic rings. The van der Waals surface area contributed by atoms with Crippen LogP contribution in [0.2, 0.25) is 0 Å². The van der Waals surface area contributed by atoms with Crippen LogP contribution < -0.4 is 5.32 Å². The van der Waals surface area contributed by atoms with Crippen molar-refractivity contribution < 1.29 is 19.1 Å². The van der Waals surface area contributed by atoms with E-state index in [1.165, 1.54) is 4.90 Å². The van der Waals surface area contributed by atoms with Crippen molar-refractivity contribution in [3.8, 4) is 0 Å². The highest BCUT2D eigenvalue weighted by Gasteiger charge is 2.40. The third kappa shape index (κ3) is 3.32. The van der Waals surface area contributed by atoms with Gasteiger partial charge in [0.25, 0.3) is 0 Å². The van der Waals surface area contributed by atoms with E-state index in [1.54, 1.807) is 0 Å². The highest BCUT2D eigenvalue weighted by atomic mass is 16.6. The number of imide groups is 1. The van der Waals surface area contributed by atoms with Gasteiger partial charge in [-0.2, -0.15) is 0 Å². The molecule has 2 fully saturated rings. The zero-order chi connectivity index (χ0) is 13.8. The fourth-order valence-electron chi connectivity index (χ4n) is 2.38. The van der Waals surface area contributed by atoms with E-state index in [9.17, 15) is 9.59 Å². The molecule has 0 aromatic heterocycles. The zero-order valence-electron chi connectivity index (χ0n) is 11.6. The minimum atomic E-state index is -0.410. The Labute approximate surface area is 113 Å². The second-order valence-electron chi connectivity index (χ2n) is 5.09. The molecule has 3 atom stereocenters. The molecule has 0 radical (unpaired) electrons. The van der Waals surface area contributed by atoms with Crippen LogP contribution in [-0.4, -0.2) is 61.3 Å². The van der Waals surface area contributed by atoms with Gasteiger partial charge in [0.05, 0.1) is 38.4 Å². The van der Waals surface area contributed by atoms with Crippen molar-refractivity contribution in [2.24, 2.45) is 0 Å². The van der Waals surface area contributed by atoms with E-state index >= 15 is 0 Å². The SMILES string of the molecule is CCC(C)N1C(=O)CC(NCC2COCCO2)C1=O. The van der Waals surface area contributed by atoms with Crippen molar-refractivity contribution >= 4 is 11.8 Å². The van der Waals surface area contributed by atoms with Crippen LogP contribution in [0.5, 0.6) is 0 Å². The standard InChI is InChI=1S/C13H22N2O4/c1-3-9(2)15-12(16)6-11(13(15)17)14-7-10-8-18-4-5-19-10/h9-11,14H,3-8H2,1-2H3. The molecule has 0 aliphatic carbocycles. The first-order valence-corrected chi connectivity index (χ1v) is 6.92. The van der Waals surface area contributed by atoms with Gasteiger partial charge in [-0.05, 0) is 13.3 Å². The topological polar surface area (TPSA) is 67.9 Å².